The zero-order valence-electron chi connectivity index (χ0n) is 11.3. The fourth-order valence-electron chi connectivity index (χ4n) is 2.48. The zero-order valence-corrected chi connectivity index (χ0v) is 15.3. The van der Waals surface area contributed by atoms with Gasteiger partial charge in [0.05, 0.1) is 10.9 Å². The van der Waals surface area contributed by atoms with Crippen molar-refractivity contribution < 1.29 is 13.2 Å². The van der Waals surface area contributed by atoms with Crippen LogP contribution in [0.15, 0.2) is 37.0 Å². The lowest BCUT2D eigenvalue weighted by molar-refractivity contribution is 0.248. The average molecular weight is 438 g/mol. The van der Waals surface area contributed by atoms with Crippen LogP contribution >= 0.6 is 31.9 Å². The van der Waals surface area contributed by atoms with Crippen molar-refractivity contribution >= 4 is 48.0 Å². The van der Waals surface area contributed by atoms with E-state index >= 15 is 0 Å². The number of nitrogens with zero attached hydrogens (tertiary/aromatic N) is 2. The fourth-order valence-corrected chi connectivity index (χ4v) is 5.60. The molecule has 1 aliphatic rings. The molecular formula is C13H14Br2N2O3S. The molecule has 0 aromatic heterocycles. The van der Waals surface area contributed by atoms with Gasteiger partial charge in [0.1, 0.15) is 0 Å². The molecule has 21 heavy (non-hydrogen) atoms. The van der Waals surface area contributed by atoms with Gasteiger partial charge in [0, 0.05) is 21.5 Å². The van der Waals surface area contributed by atoms with Crippen LogP contribution in [0.1, 0.15) is 19.8 Å². The van der Waals surface area contributed by atoms with Crippen LogP contribution in [0.2, 0.25) is 0 Å². The monoisotopic (exact) mass is 436 g/mol. The topological polar surface area (TPSA) is 66.8 Å². The summed E-state index contributed by atoms with van der Waals surface area (Å²) in [4.78, 5) is 14.3. The number of piperidine rings is 1. The fraction of sp³-hybridized carbons (Fsp3) is 0.462. The molecule has 0 bridgehead atoms. The van der Waals surface area contributed by atoms with Crippen molar-refractivity contribution in [2.75, 3.05) is 6.54 Å². The minimum atomic E-state index is -3.59. The molecule has 1 aromatic carbocycles. The summed E-state index contributed by atoms with van der Waals surface area (Å²) in [5.74, 6) is 0. The Balaban J connectivity index is 2.32. The van der Waals surface area contributed by atoms with E-state index in [1.54, 1.807) is 24.3 Å². The maximum absolute atomic E-state index is 12.8. The summed E-state index contributed by atoms with van der Waals surface area (Å²) in [5.41, 5.74) is 0. The second-order valence-electron chi connectivity index (χ2n) is 4.94. The summed E-state index contributed by atoms with van der Waals surface area (Å²) < 4.78 is 28.3. The van der Waals surface area contributed by atoms with Crippen molar-refractivity contribution in [3.05, 3.63) is 27.1 Å². The van der Waals surface area contributed by atoms with Crippen LogP contribution in [0.4, 0.5) is 0 Å². The standard InChI is InChI=1S/C13H14Br2N2O3S/c1-9-6-11(16-8-18)4-5-17(9)21(19,20)13-7-10(14)2-3-12(13)15/h2-3,7,9,11H,4-6H2,1H3. The van der Waals surface area contributed by atoms with Gasteiger partial charge in [-0.25, -0.2) is 18.2 Å². The van der Waals surface area contributed by atoms with Crippen LogP contribution in [0.3, 0.4) is 0 Å². The van der Waals surface area contributed by atoms with Gasteiger partial charge in [0.25, 0.3) is 0 Å². The summed E-state index contributed by atoms with van der Waals surface area (Å²) in [6.07, 6.45) is 2.61. The predicted molar refractivity (Wildman–Crippen MR) is 86.3 cm³/mol. The smallest absolute Gasteiger partial charge is 0.211 e. The van der Waals surface area contributed by atoms with E-state index in [-0.39, 0.29) is 17.0 Å². The lowest BCUT2D eigenvalue weighted by Gasteiger charge is -2.35. The molecule has 1 saturated heterocycles. The van der Waals surface area contributed by atoms with E-state index < -0.39 is 10.0 Å². The van der Waals surface area contributed by atoms with Crippen molar-refractivity contribution in [1.82, 2.24) is 4.31 Å². The van der Waals surface area contributed by atoms with E-state index in [4.69, 9.17) is 0 Å². The zero-order chi connectivity index (χ0) is 15.6. The highest BCUT2D eigenvalue weighted by atomic mass is 79.9. The molecule has 1 fully saturated rings. The lowest BCUT2D eigenvalue weighted by atomic mass is 10.0. The van der Waals surface area contributed by atoms with E-state index in [9.17, 15) is 13.2 Å². The SMILES string of the molecule is CC1CC(N=C=O)CCN1S(=O)(=O)c1cc(Br)ccc1Br. The molecule has 2 unspecified atom stereocenters. The second kappa shape index (κ2) is 6.71. The predicted octanol–water partition coefficient (Wildman–Crippen LogP) is 3.09. The molecule has 114 valence electrons. The molecule has 0 aliphatic carbocycles. The van der Waals surface area contributed by atoms with Crippen LogP contribution < -0.4 is 0 Å². The number of sulfonamides is 1. The Hall–Kier alpha value is -0.530. The number of aliphatic imine (C=N–C) groups is 1. The minimum absolute atomic E-state index is 0.144. The third-order valence-electron chi connectivity index (χ3n) is 3.50. The largest absolute Gasteiger partial charge is 0.244 e. The summed E-state index contributed by atoms with van der Waals surface area (Å²) in [6, 6.07) is 4.70. The first kappa shape index (κ1) is 16.8. The Labute approximate surface area is 140 Å². The molecule has 2 rings (SSSR count). The number of hydrogen-bond acceptors (Lipinski definition) is 4. The van der Waals surface area contributed by atoms with Crippen LogP contribution in [0.25, 0.3) is 0 Å². The molecule has 2 atom stereocenters. The molecule has 5 nitrogen and oxygen atoms in total. The lowest BCUT2D eigenvalue weighted by Crippen LogP contribution is -2.45. The van der Waals surface area contributed by atoms with Gasteiger partial charge in [-0.3, -0.25) is 0 Å². The highest BCUT2D eigenvalue weighted by molar-refractivity contribution is 9.11. The third kappa shape index (κ3) is 3.63. The number of benzene rings is 1. The van der Waals surface area contributed by atoms with Crippen molar-refractivity contribution in [3.8, 4) is 0 Å². The van der Waals surface area contributed by atoms with Gasteiger partial charge in [-0.2, -0.15) is 4.31 Å². The third-order valence-corrected chi connectivity index (χ3v) is 7.00. The van der Waals surface area contributed by atoms with E-state index in [0.717, 1.165) is 0 Å². The molecule has 1 aromatic rings. The second-order valence-corrected chi connectivity index (χ2v) is 8.57. The van der Waals surface area contributed by atoms with Crippen LogP contribution in [0.5, 0.6) is 0 Å². The van der Waals surface area contributed by atoms with Crippen LogP contribution in [-0.2, 0) is 14.8 Å². The average Bonchev–Trinajstić information content (AvgIpc) is 2.41. The van der Waals surface area contributed by atoms with Gasteiger partial charge in [0.15, 0.2) is 0 Å². The Morgan fingerprint density at radius 2 is 2.10 bits per heavy atom. The Morgan fingerprint density at radius 3 is 2.71 bits per heavy atom. The molecule has 8 heteroatoms. The summed E-state index contributed by atoms with van der Waals surface area (Å²) in [5, 5.41) is 0. The molecule has 1 aliphatic heterocycles. The van der Waals surface area contributed by atoms with Crippen LogP contribution in [-0.4, -0.2) is 37.4 Å². The van der Waals surface area contributed by atoms with Gasteiger partial charge in [-0.15, -0.1) is 0 Å². The number of isocyanates is 1. The maximum atomic E-state index is 12.8. The minimum Gasteiger partial charge on any atom is -0.211 e. The Morgan fingerprint density at radius 1 is 1.38 bits per heavy atom. The molecule has 0 radical (unpaired) electrons. The number of halogens is 2. The quantitative estimate of drug-likeness (QED) is 0.539. The summed E-state index contributed by atoms with van der Waals surface area (Å²) >= 11 is 6.59. The van der Waals surface area contributed by atoms with Gasteiger partial charge in [-0.1, -0.05) is 15.9 Å². The van der Waals surface area contributed by atoms with E-state index in [1.165, 1.54) is 4.31 Å². The van der Waals surface area contributed by atoms with Crippen molar-refractivity contribution in [2.24, 2.45) is 4.99 Å². The Kier molecular flexibility index (Phi) is 5.38. The molecule has 0 saturated carbocycles. The Bertz CT molecular complexity index is 687. The molecular weight excluding hydrogens is 424 g/mol. The molecule has 1 heterocycles. The van der Waals surface area contributed by atoms with Gasteiger partial charge >= 0.3 is 0 Å². The highest BCUT2D eigenvalue weighted by Crippen LogP contribution is 2.32. The van der Waals surface area contributed by atoms with Crippen molar-refractivity contribution in [3.63, 3.8) is 0 Å². The van der Waals surface area contributed by atoms with Gasteiger partial charge < -0.3 is 0 Å². The summed E-state index contributed by atoms with van der Waals surface area (Å²) in [6.45, 7) is 2.17. The van der Waals surface area contributed by atoms with E-state index in [0.29, 0.717) is 28.3 Å². The first-order valence-corrected chi connectivity index (χ1v) is 9.42. The summed E-state index contributed by atoms with van der Waals surface area (Å²) in [7, 11) is -3.59. The first-order chi connectivity index (χ1) is 9.86. The van der Waals surface area contributed by atoms with Crippen molar-refractivity contribution in [2.45, 2.75) is 36.7 Å². The molecule has 0 N–H and O–H groups in total. The van der Waals surface area contributed by atoms with Crippen LogP contribution in [0, 0.1) is 0 Å². The van der Waals surface area contributed by atoms with Gasteiger partial charge in [0.2, 0.25) is 16.1 Å². The number of carbonyl (C=O) groups excluding carboxylic acids is 1. The first-order valence-electron chi connectivity index (χ1n) is 6.40. The van der Waals surface area contributed by atoms with Crippen molar-refractivity contribution in [1.29, 1.82) is 0 Å². The number of hydrogen-bond donors (Lipinski definition) is 0. The normalized spacial score (nSPS) is 23.6. The highest BCUT2D eigenvalue weighted by Gasteiger charge is 2.35. The molecule has 0 amide bonds. The van der Waals surface area contributed by atoms with Gasteiger partial charge in [-0.05, 0) is 53.9 Å². The van der Waals surface area contributed by atoms with E-state index in [1.807, 2.05) is 6.92 Å². The van der Waals surface area contributed by atoms with E-state index in [2.05, 4.69) is 36.9 Å². The molecule has 0 spiro atoms. The number of rotatable bonds is 3. The maximum Gasteiger partial charge on any atom is 0.244 e.